The Hall–Kier alpha value is -2.62. The van der Waals surface area contributed by atoms with E-state index in [1.807, 2.05) is 43.3 Å². The summed E-state index contributed by atoms with van der Waals surface area (Å²) in [6.45, 7) is 1.97. The number of nitrogen functional groups attached to an aromatic ring is 1. The second kappa shape index (κ2) is 4.57. The van der Waals surface area contributed by atoms with E-state index < -0.39 is 0 Å². The molecule has 19 heavy (non-hydrogen) atoms. The van der Waals surface area contributed by atoms with E-state index in [2.05, 4.69) is 15.3 Å². The summed E-state index contributed by atoms with van der Waals surface area (Å²) in [4.78, 5) is 8.58. The smallest absolute Gasteiger partial charge is 0.0906 e. The summed E-state index contributed by atoms with van der Waals surface area (Å²) >= 11 is 0. The quantitative estimate of drug-likeness (QED) is 0.685. The summed E-state index contributed by atoms with van der Waals surface area (Å²) < 4.78 is 0. The molecule has 3 rings (SSSR count). The van der Waals surface area contributed by atoms with Crippen molar-refractivity contribution in [2.75, 3.05) is 11.1 Å². The molecule has 4 heteroatoms. The molecule has 2 aromatic heterocycles. The second-order valence-corrected chi connectivity index (χ2v) is 4.45. The molecule has 1 aromatic carbocycles. The number of hydrogen-bond acceptors (Lipinski definition) is 4. The number of anilines is 3. The van der Waals surface area contributed by atoms with Gasteiger partial charge in [0, 0.05) is 34.3 Å². The van der Waals surface area contributed by atoms with Gasteiger partial charge in [-0.1, -0.05) is 0 Å². The van der Waals surface area contributed by atoms with Crippen molar-refractivity contribution in [1.82, 2.24) is 9.97 Å². The van der Waals surface area contributed by atoms with Gasteiger partial charge in [0.15, 0.2) is 0 Å². The van der Waals surface area contributed by atoms with Crippen LogP contribution in [0.1, 0.15) is 5.69 Å². The minimum atomic E-state index is 0.755. The molecule has 3 aromatic rings. The first-order valence-electron chi connectivity index (χ1n) is 6.06. The van der Waals surface area contributed by atoms with Crippen LogP contribution >= 0.6 is 0 Å². The SMILES string of the molecule is Cc1cc2c(Nc3ccc(N)cc3)ccnc2cn1. The number of nitrogens with one attached hydrogen (secondary N) is 1. The van der Waals surface area contributed by atoms with E-state index in [0.717, 1.165) is 33.7 Å². The lowest BCUT2D eigenvalue weighted by molar-refractivity contribution is 1.21. The molecule has 94 valence electrons. The predicted molar refractivity (Wildman–Crippen MR) is 78.4 cm³/mol. The monoisotopic (exact) mass is 250 g/mol. The van der Waals surface area contributed by atoms with Crippen LogP contribution in [0.5, 0.6) is 0 Å². The Kier molecular flexibility index (Phi) is 2.76. The summed E-state index contributed by atoms with van der Waals surface area (Å²) in [6.07, 6.45) is 3.57. The maximum Gasteiger partial charge on any atom is 0.0906 e. The van der Waals surface area contributed by atoms with Crippen molar-refractivity contribution >= 4 is 28.0 Å². The number of rotatable bonds is 2. The van der Waals surface area contributed by atoms with Gasteiger partial charge in [-0.25, -0.2) is 0 Å². The van der Waals surface area contributed by atoms with E-state index >= 15 is 0 Å². The minimum absolute atomic E-state index is 0.755. The first kappa shape index (κ1) is 11.5. The third-order valence-electron chi connectivity index (χ3n) is 2.95. The summed E-state index contributed by atoms with van der Waals surface area (Å²) in [7, 11) is 0. The number of hydrogen-bond donors (Lipinski definition) is 2. The zero-order valence-electron chi connectivity index (χ0n) is 10.6. The van der Waals surface area contributed by atoms with Crippen molar-refractivity contribution in [3.63, 3.8) is 0 Å². The Morgan fingerprint density at radius 2 is 1.84 bits per heavy atom. The molecule has 3 N–H and O–H groups in total. The Morgan fingerprint density at radius 3 is 2.63 bits per heavy atom. The van der Waals surface area contributed by atoms with E-state index in [-0.39, 0.29) is 0 Å². The van der Waals surface area contributed by atoms with Crippen LogP contribution in [0.3, 0.4) is 0 Å². The Morgan fingerprint density at radius 1 is 1.05 bits per heavy atom. The van der Waals surface area contributed by atoms with Crippen molar-refractivity contribution in [3.05, 3.63) is 54.5 Å². The van der Waals surface area contributed by atoms with Crippen molar-refractivity contribution < 1.29 is 0 Å². The average Bonchev–Trinajstić information content (AvgIpc) is 2.42. The Bertz CT molecular complexity index is 720. The molecule has 0 atom stereocenters. The van der Waals surface area contributed by atoms with Crippen LogP contribution < -0.4 is 11.1 Å². The molecule has 0 fully saturated rings. The highest BCUT2D eigenvalue weighted by atomic mass is 14.9. The van der Waals surface area contributed by atoms with Crippen LogP contribution in [0.2, 0.25) is 0 Å². The third kappa shape index (κ3) is 2.33. The highest BCUT2D eigenvalue weighted by molar-refractivity contribution is 5.92. The van der Waals surface area contributed by atoms with E-state index in [9.17, 15) is 0 Å². The number of benzene rings is 1. The number of aromatic nitrogens is 2. The van der Waals surface area contributed by atoms with E-state index in [0.29, 0.717) is 0 Å². The highest BCUT2D eigenvalue weighted by Gasteiger charge is 2.03. The van der Waals surface area contributed by atoms with Gasteiger partial charge >= 0.3 is 0 Å². The van der Waals surface area contributed by atoms with Crippen molar-refractivity contribution in [2.24, 2.45) is 0 Å². The van der Waals surface area contributed by atoms with Gasteiger partial charge in [-0.05, 0) is 43.3 Å². The highest BCUT2D eigenvalue weighted by Crippen LogP contribution is 2.25. The van der Waals surface area contributed by atoms with Crippen molar-refractivity contribution in [3.8, 4) is 0 Å². The van der Waals surface area contributed by atoms with Crippen LogP contribution in [0.15, 0.2) is 48.8 Å². The summed E-state index contributed by atoms with van der Waals surface area (Å²) in [5.41, 5.74) is 10.3. The van der Waals surface area contributed by atoms with Crippen LogP contribution in [-0.4, -0.2) is 9.97 Å². The number of nitrogens with zero attached hydrogens (tertiary/aromatic N) is 2. The summed E-state index contributed by atoms with van der Waals surface area (Å²) in [5, 5.41) is 4.44. The molecular formula is C15H14N4. The number of pyridine rings is 2. The fourth-order valence-corrected chi connectivity index (χ4v) is 1.98. The molecular weight excluding hydrogens is 236 g/mol. The fourth-order valence-electron chi connectivity index (χ4n) is 1.98. The zero-order valence-corrected chi connectivity index (χ0v) is 10.6. The molecule has 0 unspecified atom stereocenters. The second-order valence-electron chi connectivity index (χ2n) is 4.45. The predicted octanol–water partition coefficient (Wildman–Crippen LogP) is 3.26. The summed E-state index contributed by atoms with van der Waals surface area (Å²) in [6, 6.07) is 11.6. The number of nitrogens with two attached hydrogens (primary N) is 1. The van der Waals surface area contributed by atoms with Crippen molar-refractivity contribution in [1.29, 1.82) is 0 Å². The molecule has 0 aliphatic heterocycles. The average molecular weight is 250 g/mol. The third-order valence-corrected chi connectivity index (χ3v) is 2.95. The normalized spacial score (nSPS) is 10.6. The number of fused-ring (bicyclic) bond motifs is 1. The van der Waals surface area contributed by atoms with Gasteiger partial charge in [-0.15, -0.1) is 0 Å². The van der Waals surface area contributed by atoms with Gasteiger partial charge in [-0.2, -0.15) is 0 Å². The topological polar surface area (TPSA) is 63.8 Å². The fraction of sp³-hybridized carbons (Fsp3) is 0.0667. The molecule has 2 heterocycles. The standard InChI is InChI=1S/C15H14N4/c1-10-8-13-14(6-7-17-15(13)9-18-10)19-12-4-2-11(16)3-5-12/h2-9H,16H2,1H3,(H,17,19). The first-order valence-corrected chi connectivity index (χ1v) is 6.06. The summed E-state index contributed by atoms with van der Waals surface area (Å²) in [5.74, 6) is 0. The first-order chi connectivity index (χ1) is 9.22. The van der Waals surface area contributed by atoms with Gasteiger partial charge in [-0.3, -0.25) is 9.97 Å². The van der Waals surface area contributed by atoms with Crippen molar-refractivity contribution in [2.45, 2.75) is 6.92 Å². The maximum atomic E-state index is 5.68. The minimum Gasteiger partial charge on any atom is -0.399 e. The Balaban J connectivity index is 2.05. The Labute approximate surface area is 111 Å². The van der Waals surface area contributed by atoms with Gasteiger partial charge in [0.05, 0.1) is 11.7 Å². The largest absolute Gasteiger partial charge is 0.399 e. The molecule has 0 radical (unpaired) electrons. The zero-order chi connectivity index (χ0) is 13.2. The van der Waals surface area contributed by atoms with Crippen LogP contribution in [0.4, 0.5) is 17.1 Å². The van der Waals surface area contributed by atoms with Crippen LogP contribution in [0.25, 0.3) is 10.9 Å². The number of aryl methyl sites for hydroxylation is 1. The molecule has 0 amide bonds. The molecule has 0 saturated carbocycles. The molecule has 0 bridgehead atoms. The van der Waals surface area contributed by atoms with E-state index in [4.69, 9.17) is 5.73 Å². The van der Waals surface area contributed by atoms with E-state index in [1.54, 1.807) is 12.4 Å². The molecule has 0 aliphatic rings. The van der Waals surface area contributed by atoms with Gasteiger partial charge in [0.2, 0.25) is 0 Å². The lowest BCUT2D eigenvalue weighted by Crippen LogP contribution is -1.94. The molecule has 0 saturated heterocycles. The van der Waals surface area contributed by atoms with Gasteiger partial charge in [0.25, 0.3) is 0 Å². The van der Waals surface area contributed by atoms with Gasteiger partial charge < -0.3 is 11.1 Å². The van der Waals surface area contributed by atoms with Gasteiger partial charge in [0.1, 0.15) is 0 Å². The van der Waals surface area contributed by atoms with Crippen LogP contribution in [0, 0.1) is 6.92 Å². The molecule has 4 nitrogen and oxygen atoms in total. The maximum absolute atomic E-state index is 5.68. The molecule has 0 spiro atoms. The lowest BCUT2D eigenvalue weighted by Gasteiger charge is -2.09. The van der Waals surface area contributed by atoms with Crippen LogP contribution in [-0.2, 0) is 0 Å². The lowest BCUT2D eigenvalue weighted by atomic mass is 10.2. The van der Waals surface area contributed by atoms with E-state index in [1.165, 1.54) is 0 Å². The molecule has 0 aliphatic carbocycles.